The third-order valence-electron chi connectivity index (χ3n) is 5.44. The highest BCUT2D eigenvalue weighted by atomic mass is 16.5. The van der Waals surface area contributed by atoms with Crippen molar-refractivity contribution in [3.8, 4) is 5.75 Å². The average molecular weight is 412 g/mol. The zero-order valence-electron chi connectivity index (χ0n) is 16.8. The van der Waals surface area contributed by atoms with Crippen LogP contribution in [0.25, 0.3) is 10.9 Å². The number of nitrogens with one attached hydrogen (secondary N) is 1. The molecule has 1 aromatic carbocycles. The van der Waals surface area contributed by atoms with Gasteiger partial charge in [0.15, 0.2) is 0 Å². The van der Waals surface area contributed by atoms with Crippen molar-refractivity contribution in [1.29, 1.82) is 0 Å². The number of carbonyl (C=O) groups is 1. The number of nitrogens with two attached hydrogens (primary N) is 1. The summed E-state index contributed by atoms with van der Waals surface area (Å²) in [5.41, 5.74) is 6.93. The van der Waals surface area contributed by atoms with Crippen molar-refractivity contribution >= 4 is 28.3 Å². The van der Waals surface area contributed by atoms with E-state index in [1.807, 2.05) is 23.9 Å². The number of aliphatic hydroxyl groups excluding tert-OH is 1. The molecule has 2 aromatic heterocycles. The lowest BCUT2D eigenvalue weighted by molar-refractivity contribution is -0.894. The summed E-state index contributed by atoms with van der Waals surface area (Å²) in [6.07, 6.45) is 5.03. The van der Waals surface area contributed by atoms with E-state index in [1.54, 1.807) is 12.1 Å². The highest BCUT2D eigenvalue weighted by Crippen LogP contribution is 2.33. The molecule has 0 unspecified atom stereocenters. The van der Waals surface area contributed by atoms with Crippen LogP contribution in [0.3, 0.4) is 0 Å². The molecule has 5 N–H and O–H groups in total. The van der Waals surface area contributed by atoms with Crippen LogP contribution in [0.4, 0.5) is 11.5 Å². The predicted octanol–water partition coefficient (Wildman–Crippen LogP) is 2.27. The van der Waals surface area contributed by atoms with Gasteiger partial charge in [-0.15, -0.1) is 0 Å². The van der Waals surface area contributed by atoms with Gasteiger partial charge in [-0.05, 0) is 55.5 Å². The van der Waals surface area contributed by atoms with Gasteiger partial charge in [-0.1, -0.05) is 0 Å². The van der Waals surface area contributed by atoms with Gasteiger partial charge >= 0.3 is 5.82 Å². The van der Waals surface area contributed by atoms with Crippen molar-refractivity contribution in [2.45, 2.75) is 44.8 Å². The number of carbonyl (C=O) groups excluding carboxylic acids is 1. The lowest BCUT2D eigenvalue weighted by Gasteiger charge is -2.25. The highest BCUT2D eigenvalue weighted by molar-refractivity contribution is 6.04. The number of aliphatic hydroxyl groups is 1. The molecule has 4 rings (SSSR count). The molecule has 1 fully saturated rings. The fraction of sp³-hybridized carbons (Fsp3) is 0.381. The first-order valence-electron chi connectivity index (χ1n) is 10.1. The minimum atomic E-state index is -0.515. The minimum Gasteiger partial charge on any atom is -0.492 e. The molecule has 0 atom stereocenters. The Bertz CT molecular complexity index is 1070. The number of hydrogen-bond donors (Lipinski definition) is 4. The van der Waals surface area contributed by atoms with Crippen molar-refractivity contribution in [2.24, 2.45) is 0 Å². The summed E-state index contributed by atoms with van der Waals surface area (Å²) in [5.74, 6) is 0.0387. The Morgan fingerprint density at radius 3 is 2.83 bits per heavy atom. The number of pyridine rings is 1. The smallest absolute Gasteiger partial charge is 0.312 e. The third kappa shape index (κ3) is 3.88. The number of amides is 1. The molecule has 3 aromatic rings. The van der Waals surface area contributed by atoms with Crippen LogP contribution in [0.5, 0.6) is 5.75 Å². The molecule has 1 aliphatic rings. The molecule has 9 nitrogen and oxygen atoms in total. The van der Waals surface area contributed by atoms with Gasteiger partial charge in [0.25, 0.3) is 5.91 Å². The standard InChI is InChI=1S/C21H25N5O4/c1-2-30-19-11-16-13(12-25(24-16)14-6-8-15(27)9-7-14)10-17(19)23-21(28)18-4-3-5-20(22)26(18)29/h3-5,10-12,14-15,22,27,29H,2,6-9H2,1H3,(H,23,28)/p+1. The average Bonchev–Trinajstić information content (AvgIpc) is 3.13. The molecule has 0 spiro atoms. The quantitative estimate of drug-likeness (QED) is 0.376. The number of nitrogens with zero attached hydrogens (tertiary/aromatic N) is 3. The minimum absolute atomic E-state index is 0.00834. The molecule has 0 aliphatic heterocycles. The first-order chi connectivity index (χ1) is 14.5. The first kappa shape index (κ1) is 20.0. The molecule has 2 heterocycles. The molecule has 1 amide bonds. The second kappa shape index (κ2) is 8.19. The number of nitrogen functional groups attached to an aromatic ring is 1. The van der Waals surface area contributed by atoms with E-state index in [-0.39, 0.29) is 23.7 Å². The number of anilines is 2. The second-order valence-electron chi connectivity index (χ2n) is 7.51. The maximum Gasteiger partial charge on any atom is 0.312 e. The SMILES string of the molecule is CCOc1cc2nn(C3CCC(O)CC3)cc2cc1NC(=O)c1cccc(N)[n+]1O. The predicted molar refractivity (Wildman–Crippen MR) is 111 cm³/mol. The Morgan fingerprint density at radius 2 is 2.10 bits per heavy atom. The van der Waals surface area contributed by atoms with Gasteiger partial charge in [-0.25, -0.2) is 0 Å². The van der Waals surface area contributed by atoms with E-state index in [1.165, 1.54) is 12.1 Å². The Hall–Kier alpha value is -3.33. The Balaban J connectivity index is 1.65. The molecule has 1 aliphatic carbocycles. The molecular formula is C21H26N5O4+. The molecule has 0 saturated heterocycles. The largest absolute Gasteiger partial charge is 0.492 e. The number of hydrogen-bond acceptors (Lipinski definition) is 6. The lowest BCUT2D eigenvalue weighted by Crippen LogP contribution is -2.42. The fourth-order valence-corrected chi connectivity index (χ4v) is 3.83. The molecule has 9 heteroatoms. The summed E-state index contributed by atoms with van der Waals surface area (Å²) < 4.78 is 8.30. The second-order valence-corrected chi connectivity index (χ2v) is 7.51. The topological polar surface area (TPSA) is 127 Å². The molecule has 0 radical (unpaired) electrons. The van der Waals surface area contributed by atoms with Crippen LogP contribution in [0, 0.1) is 0 Å². The van der Waals surface area contributed by atoms with Crippen LogP contribution in [0.2, 0.25) is 0 Å². The summed E-state index contributed by atoms with van der Waals surface area (Å²) in [6, 6.07) is 8.42. The van der Waals surface area contributed by atoms with Crippen molar-refractivity contribution in [3.05, 3.63) is 42.2 Å². The zero-order valence-corrected chi connectivity index (χ0v) is 16.8. The third-order valence-corrected chi connectivity index (χ3v) is 5.44. The molecule has 30 heavy (non-hydrogen) atoms. The Kier molecular flexibility index (Phi) is 5.45. The van der Waals surface area contributed by atoms with Crippen molar-refractivity contribution in [1.82, 2.24) is 9.78 Å². The summed E-state index contributed by atoms with van der Waals surface area (Å²) in [6.45, 7) is 2.29. The van der Waals surface area contributed by atoms with Gasteiger partial charge in [0.2, 0.25) is 5.69 Å². The molecule has 1 saturated carbocycles. The monoisotopic (exact) mass is 412 g/mol. The van der Waals surface area contributed by atoms with Gasteiger partial charge in [0.1, 0.15) is 5.75 Å². The maximum atomic E-state index is 12.7. The summed E-state index contributed by atoms with van der Waals surface area (Å²) in [5, 5.41) is 28.1. The van der Waals surface area contributed by atoms with Gasteiger partial charge in [0, 0.05) is 23.7 Å². The van der Waals surface area contributed by atoms with Crippen LogP contribution in [-0.4, -0.2) is 38.7 Å². The summed E-state index contributed by atoms with van der Waals surface area (Å²) in [7, 11) is 0. The number of aromatic nitrogens is 3. The van der Waals surface area contributed by atoms with Crippen LogP contribution >= 0.6 is 0 Å². The maximum absolute atomic E-state index is 12.7. The Labute approximate surface area is 173 Å². The van der Waals surface area contributed by atoms with Crippen molar-refractivity contribution in [3.63, 3.8) is 0 Å². The van der Waals surface area contributed by atoms with E-state index in [0.717, 1.165) is 36.6 Å². The van der Waals surface area contributed by atoms with Crippen LogP contribution < -0.4 is 20.5 Å². The molecular weight excluding hydrogens is 386 g/mol. The number of benzene rings is 1. The van der Waals surface area contributed by atoms with E-state index in [4.69, 9.17) is 15.6 Å². The van der Waals surface area contributed by atoms with Crippen molar-refractivity contribution in [2.75, 3.05) is 17.7 Å². The van der Waals surface area contributed by atoms with Crippen LogP contribution in [0.1, 0.15) is 49.1 Å². The van der Waals surface area contributed by atoms with Gasteiger partial charge in [-0.3, -0.25) is 15.2 Å². The van der Waals surface area contributed by atoms with Crippen molar-refractivity contribution < 1.29 is 24.6 Å². The van der Waals surface area contributed by atoms with Gasteiger partial charge in [-0.2, -0.15) is 5.10 Å². The summed E-state index contributed by atoms with van der Waals surface area (Å²) >= 11 is 0. The normalized spacial score (nSPS) is 19.0. The number of ether oxygens (including phenoxy) is 1. The van der Waals surface area contributed by atoms with Gasteiger partial charge < -0.3 is 20.4 Å². The number of fused-ring (bicyclic) bond motifs is 1. The van der Waals surface area contributed by atoms with E-state index >= 15 is 0 Å². The highest BCUT2D eigenvalue weighted by Gasteiger charge is 2.23. The van der Waals surface area contributed by atoms with E-state index in [9.17, 15) is 15.1 Å². The van der Waals surface area contributed by atoms with E-state index in [0.29, 0.717) is 22.8 Å². The molecule has 158 valence electrons. The number of rotatable bonds is 5. The van der Waals surface area contributed by atoms with Gasteiger partial charge in [0.05, 0.1) is 30.0 Å². The van der Waals surface area contributed by atoms with Crippen LogP contribution in [-0.2, 0) is 0 Å². The van der Waals surface area contributed by atoms with E-state index in [2.05, 4.69) is 5.32 Å². The first-order valence-corrected chi connectivity index (χ1v) is 10.1. The molecule has 0 bridgehead atoms. The zero-order chi connectivity index (χ0) is 21.3. The lowest BCUT2D eigenvalue weighted by atomic mass is 9.93. The Morgan fingerprint density at radius 1 is 1.33 bits per heavy atom. The van der Waals surface area contributed by atoms with Crippen LogP contribution in [0.15, 0.2) is 36.5 Å². The summed E-state index contributed by atoms with van der Waals surface area (Å²) in [4.78, 5) is 12.7. The fourth-order valence-electron chi connectivity index (χ4n) is 3.83. The van der Waals surface area contributed by atoms with E-state index < -0.39 is 5.91 Å².